The topological polar surface area (TPSA) is 126 Å². The first-order valence-electron chi connectivity index (χ1n) is 7.57. The Morgan fingerprint density at radius 1 is 1.04 bits per heavy atom. The zero-order chi connectivity index (χ0) is 20.1. The highest BCUT2D eigenvalue weighted by atomic mass is 32.2. The van der Waals surface area contributed by atoms with Gasteiger partial charge in [0.2, 0.25) is 0 Å². The van der Waals surface area contributed by atoms with E-state index in [0.29, 0.717) is 0 Å². The van der Waals surface area contributed by atoms with Crippen molar-refractivity contribution in [3.63, 3.8) is 0 Å². The van der Waals surface area contributed by atoms with E-state index < -0.39 is 51.8 Å². The Labute approximate surface area is 156 Å². The molecule has 0 spiro atoms. The predicted molar refractivity (Wildman–Crippen MR) is 91.7 cm³/mol. The van der Waals surface area contributed by atoms with Crippen LogP contribution in [0.5, 0.6) is 0 Å². The van der Waals surface area contributed by atoms with Crippen molar-refractivity contribution in [3.05, 3.63) is 0 Å². The summed E-state index contributed by atoms with van der Waals surface area (Å²) in [6.45, 7) is 2.26. The third-order valence-electron chi connectivity index (χ3n) is 2.98. The molecule has 0 aromatic heterocycles. The van der Waals surface area contributed by atoms with Gasteiger partial charge in [-0.15, -0.1) is 11.8 Å². The Balaban J connectivity index is 3.11. The van der Waals surface area contributed by atoms with Gasteiger partial charge in [-0.25, -0.2) is 0 Å². The molecule has 12 heteroatoms. The minimum atomic E-state index is -3.98. The molecule has 0 aromatic rings. The van der Waals surface area contributed by atoms with E-state index >= 15 is 0 Å². The summed E-state index contributed by atoms with van der Waals surface area (Å²) in [7, 11) is -0.653. The zero-order valence-electron chi connectivity index (χ0n) is 15.2. The summed E-state index contributed by atoms with van der Waals surface area (Å²) in [4.78, 5) is 36.3. The fraction of sp³-hybridized carbons (Fsp3) is 0.786. The molecular weight excluding hydrogens is 390 g/mol. The Kier molecular flexibility index (Phi) is 8.31. The average Bonchev–Trinajstić information content (AvgIpc) is 2.41. The lowest BCUT2D eigenvalue weighted by Gasteiger charge is -2.39. The van der Waals surface area contributed by atoms with Crippen molar-refractivity contribution in [2.75, 3.05) is 32.6 Å². The van der Waals surface area contributed by atoms with Crippen LogP contribution in [0.2, 0.25) is 0 Å². The van der Waals surface area contributed by atoms with Gasteiger partial charge in [-0.3, -0.25) is 23.5 Å². The van der Waals surface area contributed by atoms with Crippen LogP contribution in [0.1, 0.15) is 13.8 Å². The fourth-order valence-electron chi connectivity index (χ4n) is 2.22. The quantitative estimate of drug-likeness (QED) is 0.301. The number of carbonyl (C=O) groups is 3. The number of hydrogen-bond acceptors (Lipinski definition) is 11. The molecule has 26 heavy (non-hydrogen) atoms. The molecule has 0 aliphatic carbocycles. The van der Waals surface area contributed by atoms with Crippen molar-refractivity contribution in [3.8, 4) is 0 Å². The summed E-state index contributed by atoms with van der Waals surface area (Å²) in [5, 5.41) is 0. The zero-order valence-corrected chi connectivity index (χ0v) is 16.8. The van der Waals surface area contributed by atoms with Crippen molar-refractivity contribution in [2.45, 2.75) is 37.6 Å². The van der Waals surface area contributed by atoms with Crippen molar-refractivity contribution in [2.24, 2.45) is 0 Å². The molecule has 4 atom stereocenters. The van der Waals surface area contributed by atoms with Crippen LogP contribution in [0.15, 0.2) is 0 Å². The first-order chi connectivity index (χ1) is 11.9. The van der Waals surface area contributed by atoms with Crippen LogP contribution in [0.25, 0.3) is 0 Å². The summed E-state index contributed by atoms with van der Waals surface area (Å²) < 4.78 is 43.8. The molecule has 0 radical (unpaired) electrons. The third-order valence-corrected chi connectivity index (χ3v) is 4.77. The van der Waals surface area contributed by atoms with Gasteiger partial charge in [0, 0.05) is 19.6 Å². The largest absolute Gasteiger partial charge is 0.458 e. The maximum absolute atomic E-state index is 11.9. The standard InChI is InChI=1S/C14H23NO9S2/c1-8(16)21-10-7-25-14(23-11(18)6-15(3)4)13(24-26(5,19)20)12(10)22-9(2)17/h10,12-14H,6-7H2,1-5H3/t10-,12+,13-,14-/m1/s1. The maximum Gasteiger partial charge on any atom is 0.321 e. The van der Waals surface area contributed by atoms with Crippen molar-refractivity contribution in [1.29, 1.82) is 0 Å². The first-order valence-corrected chi connectivity index (χ1v) is 10.4. The number of nitrogens with zero attached hydrogens (tertiary/aromatic N) is 1. The molecule has 1 aliphatic rings. The van der Waals surface area contributed by atoms with Crippen LogP contribution >= 0.6 is 11.8 Å². The summed E-state index contributed by atoms with van der Waals surface area (Å²) in [6.07, 6.45) is -2.74. The lowest BCUT2D eigenvalue weighted by Crippen LogP contribution is -2.55. The summed E-state index contributed by atoms with van der Waals surface area (Å²) in [5.41, 5.74) is -1.06. The van der Waals surface area contributed by atoms with E-state index in [1.807, 2.05) is 0 Å². The Hall–Kier alpha value is -1.37. The monoisotopic (exact) mass is 413 g/mol. The van der Waals surface area contributed by atoms with E-state index in [1.54, 1.807) is 19.0 Å². The van der Waals surface area contributed by atoms with E-state index in [2.05, 4.69) is 0 Å². The number of thioether (sulfide) groups is 1. The molecule has 0 aromatic carbocycles. The van der Waals surface area contributed by atoms with Gasteiger partial charge in [0.05, 0.1) is 12.8 Å². The van der Waals surface area contributed by atoms with Gasteiger partial charge < -0.3 is 14.2 Å². The van der Waals surface area contributed by atoms with Crippen LogP contribution in [0, 0.1) is 0 Å². The molecule has 1 rings (SSSR count). The Morgan fingerprint density at radius 3 is 2.08 bits per heavy atom. The molecular formula is C14H23NO9S2. The number of hydrogen-bond donors (Lipinski definition) is 0. The molecule has 1 saturated heterocycles. The number of likely N-dealkylation sites (N-methyl/N-ethyl adjacent to an activating group) is 1. The molecule has 0 N–H and O–H groups in total. The van der Waals surface area contributed by atoms with Crippen molar-refractivity contribution >= 4 is 39.8 Å². The molecule has 0 amide bonds. The van der Waals surface area contributed by atoms with Gasteiger partial charge in [-0.1, -0.05) is 0 Å². The molecule has 0 saturated carbocycles. The fourth-order valence-corrected chi connectivity index (χ4v) is 4.12. The Morgan fingerprint density at radius 2 is 1.62 bits per heavy atom. The maximum atomic E-state index is 11.9. The number of ether oxygens (including phenoxy) is 3. The van der Waals surface area contributed by atoms with Crippen LogP contribution in [0.3, 0.4) is 0 Å². The molecule has 1 aliphatic heterocycles. The van der Waals surface area contributed by atoms with Crippen molar-refractivity contribution < 1.29 is 41.2 Å². The molecule has 1 heterocycles. The van der Waals surface area contributed by atoms with Gasteiger partial charge in [0.25, 0.3) is 10.1 Å². The van der Waals surface area contributed by atoms with Crippen LogP contribution in [-0.4, -0.2) is 87.6 Å². The minimum Gasteiger partial charge on any atom is -0.458 e. The van der Waals surface area contributed by atoms with Gasteiger partial charge in [-0.2, -0.15) is 8.42 Å². The SMILES string of the molecule is CC(=O)O[C@@H]1[C@@H](OS(C)(=O)=O)[C@H](OC(=O)CN(C)C)SC[C@H]1OC(C)=O. The highest BCUT2D eigenvalue weighted by Crippen LogP contribution is 2.34. The lowest BCUT2D eigenvalue weighted by molar-refractivity contribution is -0.179. The second kappa shape index (κ2) is 9.53. The van der Waals surface area contributed by atoms with Crippen molar-refractivity contribution in [1.82, 2.24) is 4.90 Å². The highest BCUT2D eigenvalue weighted by molar-refractivity contribution is 7.99. The Bertz CT molecular complexity index is 634. The summed E-state index contributed by atoms with van der Waals surface area (Å²) in [6, 6.07) is 0. The second-order valence-corrected chi connectivity index (χ2v) is 8.65. The molecule has 10 nitrogen and oxygen atoms in total. The molecule has 150 valence electrons. The second-order valence-electron chi connectivity index (χ2n) is 5.92. The van der Waals surface area contributed by atoms with Crippen LogP contribution in [0.4, 0.5) is 0 Å². The van der Waals surface area contributed by atoms with Gasteiger partial charge >= 0.3 is 17.9 Å². The summed E-state index contributed by atoms with van der Waals surface area (Å²) in [5.74, 6) is -1.84. The number of carbonyl (C=O) groups excluding carboxylic acids is 3. The van der Waals surface area contributed by atoms with E-state index in [1.165, 1.54) is 6.92 Å². The predicted octanol–water partition coefficient (Wildman–Crippen LogP) is -0.628. The number of rotatable bonds is 7. The highest BCUT2D eigenvalue weighted by Gasteiger charge is 2.48. The first kappa shape index (κ1) is 22.7. The van der Waals surface area contributed by atoms with Crippen LogP contribution in [-0.2, 0) is 42.9 Å². The smallest absolute Gasteiger partial charge is 0.321 e. The minimum absolute atomic E-state index is 0.0335. The van der Waals surface area contributed by atoms with Gasteiger partial charge in [0.1, 0.15) is 0 Å². The normalized spacial score (nSPS) is 26.2. The summed E-state index contributed by atoms with van der Waals surface area (Å²) >= 11 is 1.03. The van der Waals surface area contributed by atoms with Gasteiger partial charge in [-0.05, 0) is 14.1 Å². The van der Waals surface area contributed by atoms with E-state index in [0.717, 1.165) is 24.9 Å². The van der Waals surface area contributed by atoms with Crippen LogP contribution < -0.4 is 0 Å². The number of esters is 3. The van der Waals surface area contributed by atoms with E-state index in [9.17, 15) is 22.8 Å². The van der Waals surface area contributed by atoms with E-state index in [-0.39, 0.29) is 12.3 Å². The average molecular weight is 413 g/mol. The van der Waals surface area contributed by atoms with E-state index in [4.69, 9.17) is 18.4 Å². The molecule has 0 bridgehead atoms. The third kappa shape index (κ3) is 7.89. The molecule has 0 unspecified atom stereocenters. The molecule has 1 fully saturated rings. The lowest BCUT2D eigenvalue weighted by atomic mass is 10.1. The van der Waals surface area contributed by atoms with Gasteiger partial charge in [0.15, 0.2) is 23.7 Å².